The quantitative estimate of drug-likeness (QED) is 0.101. The van der Waals surface area contributed by atoms with E-state index < -0.39 is 107 Å². The molecule has 0 aromatic carbocycles. The molecule has 40 heteroatoms. The molecule has 54 heavy (non-hydrogen) atoms. The fourth-order valence-electron chi connectivity index (χ4n) is 2.72. The number of alkyl halides is 32. The zero-order chi connectivity index (χ0) is 44.8. The Labute approximate surface area is 270 Å². The van der Waals surface area contributed by atoms with E-state index in [9.17, 15) is 149 Å². The first-order valence-corrected chi connectivity index (χ1v) is 14.0. The van der Waals surface area contributed by atoms with Gasteiger partial charge < -0.3 is 0 Å². The van der Waals surface area contributed by atoms with Gasteiger partial charge in [0.25, 0.3) is 10.0 Å². The molecule has 0 saturated heterocycles. The Morgan fingerprint density at radius 1 is 0.352 bits per heavy atom. The van der Waals surface area contributed by atoms with Gasteiger partial charge >= 0.3 is 92.4 Å². The summed E-state index contributed by atoms with van der Waals surface area (Å²) >= 11 is 0. The molecule has 0 radical (unpaired) electrons. The van der Waals surface area contributed by atoms with Crippen molar-refractivity contribution >= 4 is 18.8 Å². The molecule has 0 spiro atoms. The van der Waals surface area contributed by atoms with Crippen molar-refractivity contribution in [3.8, 4) is 0 Å². The lowest BCUT2D eigenvalue weighted by molar-refractivity contribution is -0.458. The van der Waals surface area contributed by atoms with Crippen molar-refractivity contribution in [2.75, 3.05) is 0 Å². The third kappa shape index (κ3) is 8.12. The second-order valence-electron chi connectivity index (χ2n) is 8.99. The number of hydrogen-bond donors (Lipinski definition) is 1. The average molecular weight is 931 g/mol. The summed E-state index contributed by atoms with van der Waals surface area (Å²) in [5.41, 5.74) is -9.07. The van der Waals surface area contributed by atoms with Crippen LogP contribution < -0.4 is 4.72 Å². The summed E-state index contributed by atoms with van der Waals surface area (Å²) in [6, 6.07) is -8.89. The number of hydrogen-bond acceptors (Lipinski definition) is 5. The summed E-state index contributed by atoms with van der Waals surface area (Å²) in [5, 5.41) is -9.35. The molecule has 0 aliphatic rings. The fraction of sp³-hybridized carbons (Fsp3) is 1.00. The predicted molar refractivity (Wildman–Crippen MR) is 94.8 cm³/mol. The number of rotatable bonds is 15. The van der Waals surface area contributed by atoms with Gasteiger partial charge in [-0.05, 0) is 0 Å². The molecule has 0 atom stereocenters. The van der Waals surface area contributed by atoms with Gasteiger partial charge in [0.2, 0.25) is 0 Å². The monoisotopic (exact) mass is 931 g/mol. The summed E-state index contributed by atoms with van der Waals surface area (Å²) < 4.78 is 447. The van der Waals surface area contributed by atoms with Crippen molar-refractivity contribution in [3.05, 3.63) is 0 Å². The molecule has 0 amide bonds. The highest BCUT2D eigenvalue weighted by Gasteiger charge is 2.97. The summed E-state index contributed by atoms with van der Waals surface area (Å²) in [7, 11) is -20.4. The molecule has 0 bridgehead atoms. The Kier molecular flexibility index (Phi) is 12.6. The molecule has 0 unspecified atom stereocenters. The lowest BCUT2D eigenvalue weighted by atomic mass is 9.91. The van der Waals surface area contributed by atoms with E-state index in [0.717, 1.165) is 0 Å². The molecule has 0 aromatic heterocycles. The molecule has 326 valence electrons. The maximum absolute atomic E-state index is 14.4. The van der Waals surface area contributed by atoms with Crippen LogP contribution in [0.15, 0.2) is 0 Å². The van der Waals surface area contributed by atoms with Crippen molar-refractivity contribution in [3.63, 3.8) is 0 Å². The number of nitrogens with one attached hydrogen (secondary N) is 1. The van der Waals surface area contributed by atoms with Crippen molar-refractivity contribution in [1.29, 1.82) is 0 Å². The van der Waals surface area contributed by atoms with Crippen LogP contribution >= 0.6 is 0 Å². The third-order valence-electron chi connectivity index (χ3n) is 5.22. The molecular weight excluding hydrogens is 930 g/mol. The zero-order valence-corrected chi connectivity index (χ0v) is 24.4. The normalized spacial score (nSPS) is 17.0. The van der Waals surface area contributed by atoms with E-state index in [4.69, 9.17) is 0 Å². The standard InChI is InChI=1S/C14HF32NO5SSi/c15-1(16,3(19,20)5(23,24)8(29,30)31)2(17,18)4(21,22)6(25,26)10(34,35)53(48,49)47-9(32,33)7(27,28)11(36,37)54(50-12(38,39)40,51-13(41,42)43)52-14(44,45)46/h47H. The van der Waals surface area contributed by atoms with E-state index in [1.54, 1.807) is 0 Å². The lowest BCUT2D eigenvalue weighted by Gasteiger charge is -2.43. The smallest absolute Gasteiger partial charge is 0.280 e. The van der Waals surface area contributed by atoms with Gasteiger partial charge in [-0.2, -0.15) is 101 Å². The topological polar surface area (TPSA) is 73.9 Å². The Morgan fingerprint density at radius 3 is 0.833 bits per heavy atom. The Hall–Kier alpha value is -2.23. The summed E-state index contributed by atoms with van der Waals surface area (Å²) in [4.78, 5) is 0. The summed E-state index contributed by atoms with van der Waals surface area (Å²) in [6.07, 6.45) is -31.6. The van der Waals surface area contributed by atoms with Gasteiger partial charge in [-0.15, -0.1) is 44.2 Å². The van der Waals surface area contributed by atoms with E-state index in [2.05, 4.69) is 0 Å². The minimum absolute atomic E-state index is 1.37. The van der Waals surface area contributed by atoms with Crippen LogP contribution in [0.2, 0.25) is 0 Å². The molecule has 1 N–H and O–H groups in total. The number of sulfonamides is 1. The van der Waals surface area contributed by atoms with Crippen LogP contribution in [0.1, 0.15) is 0 Å². The highest BCUT2D eigenvalue weighted by molar-refractivity contribution is 7.90. The molecule has 0 aliphatic heterocycles. The second kappa shape index (κ2) is 13.2. The first-order chi connectivity index (χ1) is 22.6. The predicted octanol–water partition coefficient (Wildman–Crippen LogP) is 8.82. The van der Waals surface area contributed by atoms with Crippen molar-refractivity contribution in [2.45, 2.75) is 83.6 Å². The average Bonchev–Trinajstić information content (AvgIpc) is 2.82. The van der Waals surface area contributed by atoms with Gasteiger partial charge in [-0.3, -0.25) is 13.3 Å². The maximum atomic E-state index is 14.4. The number of halogens is 32. The first kappa shape index (κ1) is 51.8. The van der Waals surface area contributed by atoms with E-state index >= 15 is 0 Å². The van der Waals surface area contributed by atoms with Crippen LogP contribution in [0.25, 0.3) is 0 Å². The molecule has 0 aliphatic carbocycles. The van der Waals surface area contributed by atoms with Gasteiger partial charge in [0.15, 0.2) is 0 Å². The maximum Gasteiger partial charge on any atom is 0.601 e. The van der Waals surface area contributed by atoms with Crippen LogP contribution in [0.5, 0.6) is 0 Å². The Bertz CT molecular complexity index is 1410. The van der Waals surface area contributed by atoms with Crippen LogP contribution in [-0.4, -0.2) is 101 Å². The molecule has 0 rings (SSSR count). The molecule has 6 nitrogen and oxygen atoms in total. The molecule has 0 saturated carbocycles. The van der Waals surface area contributed by atoms with Gasteiger partial charge in [-0.25, -0.2) is 8.42 Å². The van der Waals surface area contributed by atoms with Gasteiger partial charge in [-0.1, -0.05) is 0 Å². The van der Waals surface area contributed by atoms with E-state index in [-0.39, 0.29) is 0 Å². The Morgan fingerprint density at radius 2 is 0.593 bits per heavy atom. The molecular formula is C14HF32NO5SSi. The third-order valence-corrected chi connectivity index (χ3v) is 9.26. The molecule has 0 fully saturated rings. The second-order valence-corrected chi connectivity index (χ2v) is 13.1. The minimum atomic E-state index is -10.5. The van der Waals surface area contributed by atoms with Gasteiger partial charge in [0.1, 0.15) is 0 Å². The zero-order valence-electron chi connectivity index (χ0n) is 22.5. The van der Waals surface area contributed by atoms with Crippen molar-refractivity contribution < 1.29 is 162 Å². The van der Waals surface area contributed by atoms with Crippen molar-refractivity contribution in [2.24, 2.45) is 0 Å². The highest BCUT2D eigenvalue weighted by Crippen LogP contribution is 2.65. The van der Waals surface area contributed by atoms with Gasteiger partial charge in [0.05, 0.1) is 0 Å². The van der Waals surface area contributed by atoms with E-state index in [0.29, 0.717) is 0 Å². The van der Waals surface area contributed by atoms with E-state index in [1.165, 1.54) is 13.3 Å². The fourth-order valence-corrected chi connectivity index (χ4v) is 5.74. The first-order valence-electron chi connectivity index (χ1n) is 10.8. The van der Waals surface area contributed by atoms with Crippen molar-refractivity contribution in [1.82, 2.24) is 4.72 Å². The SMILES string of the molecule is O=S(=O)(NC(F)(F)C(F)(F)C(F)(F)[Si](OC(F)(F)F)(OC(F)(F)F)OC(F)(F)F)C(F)(F)C(F)(F)C(F)(F)C(F)(F)C(F)(F)C(F)(F)C(F)(F)C(F)(F)F. The lowest BCUT2D eigenvalue weighted by Crippen LogP contribution is -2.78. The molecule has 0 heterocycles. The van der Waals surface area contributed by atoms with E-state index in [1.807, 2.05) is 0 Å². The van der Waals surface area contributed by atoms with Gasteiger partial charge in [0, 0.05) is 0 Å². The van der Waals surface area contributed by atoms with Crippen LogP contribution in [-0.2, 0) is 23.3 Å². The Balaban J connectivity index is 7.68. The summed E-state index contributed by atoms with van der Waals surface area (Å²) in [6.45, 7) is 0. The van der Waals surface area contributed by atoms with Crippen LogP contribution in [0.4, 0.5) is 140 Å². The highest BCUT2D eigenvalue weighted by atomic mass is 32.2. The molecule has 0 aromatic rings. The summed E-state index contributed by atoms with van der Waals surface area (Å²) in [5.74, 6) is -66.0. The van der Waals surface area contributed by atoms with Crippen LogP contribution in [0.3, 0.4) is 0 Å². The van der Waals surface area contributed by atoms with Crippen LogP contribution in [0, 0.1) is 0 Å². The minimum Gasteiger partial charge on any atom is -0.280 e. The largest absolute Gasteiger partial charge is 0.601 e.